The normalized spacial score (nSPS) is 12.3. The standard InChI is InChI=1S/C22H18FN5O6/c1-12-24-20(34-26-12)6-7-27-21(30)15-8-17-18(33-11-32-17)9-16(15)28(22(27)31)10-19(29)25-14-4-2-13(23)3-5-14/h2-5,8-9H,6-7,10-11H2,1H3,(H,25,29). The van der Waals surface area contributed by atoms with Gasteiger partial charge in [0.2, 0.25) is 18.6 Å². The van der Waals surface area contributed by atoms with Crippen molar-refractivity contribution < 1.29 is 23.2 Å². The molecule has 0 saturated carbocycles. The predicted molar refractivity (Wildman–Crippen MR) is 116 cm³/mol. The van der Waals surface area contributed by atoms with E-state index in [1.807, 2.05) is 0 Å². The van der Waals surface area contributed by atoms with Gasteiger partial charge < -0.3 is 19.3 Å². The third-order valence-electron chi connectivity index (χ3n) is 5.27. The Labute approximate surface area is 190 Å². The number of hydrogen-bond acceptors (Lipinski definition) is 8. The second-order valence-corrected chi connectivity index (χ2v) is 7.59. The number of anilines is 1. The van der Waals surface area contributed by atoms with Gasteiger partial charge in [-0.2, -0.15) is 4.98 Å². The van der Waals surface area contributed by atoms with Crippen molar-refractivity contribution in [3.63, 3.8) is 0 Å². The molecule has 0 atom stereocenters. The van der Waals surface area contributed by atoms with Crippen molar-refractivity contribution >= 4 is 22.5 Å². The Bertz CT molecular complexity index is 1520. The van der Waals surface area contributed by atoms with E-state index in [1.54, 1.807) is 6.92 Å². The van der Waals surface area contributed by atoms with Gasteiger partial charge in [0, 0.05) is 24.7 Å². The second kappa shape index (κ2) is 8.46. The molecule has 1 amide bonds. The van der Waals surface area contributed by atoms with Crippen LogP contribution in [-0.2, 0) is 24.3 Å². The van der Waals surface area contributed by atoms with Gasteiger partial charge in [0.15, 0.2) is 17.3 Å². The molecular formula is C22H18FN5O6. The molecule has 5 rings (SSSR count). The van der Waals surface area contributed by atoms with Gasteiger partial charge in [-0.25, -0.2) is 9.18 Å². The maximum absolute atomic E-state index is 13.3. The zero-order valence-electron chi connectivity index (χ0n) is 17.9. The lowest BCUT2D eigenvalue weighted by atomic mass is 10.2. The van der Waals surface area contributed by atoms with Crippen molar-refractivity contribution in [1.82, 2.24) is 19.3 Å². The molecule has 0 bridgehead atoms. The van der Waals surface area contributed by atoms with Crippen LogP contribution in [0.25, 0.3) is 10.9 Å². The van der Waals surface area contributed by atoms with Crippen LogP contribution >= 0.6 is 0 Å². The first-order chi connectivity index (χ1) is 16.4. The number of halogens is 1. The van der Waals surface area contributed by atoms with Gasteiger partial charge in [0.1, 0.15) is 12.4 Å². The molecule has 2 aromatic heterocycles. The Balaban J connectivity index is 1.55. The quantitative estimate of drug-likeness (QED) is 0.453. The number of aromatic nitrogens is 4. The molecule has 4 aromatic rings. The maximum Gasteiger partial charge on any atom is 0.331 e. The van der Waals surface area contributed by atoms with Gasteiger partial charge in [-0.15, -0.1) is 0 Å². The van der Waals surface area contributed by atoms with Crippen LogP contribution in [0.3, 0.4) is 0 Å². The van der Waals surface area contributed by atoms with Crippen LogP contribution in [0.4, 0.5) is 10.1 Å². The number of nitrogens with zero attached hydrogens (tertiary/aromatic N) is 4. The average molecular weight is 467 g/mol. The minimum Gasteiger partial charge on any atom is -0.454 e. The number of fused-ring (bicyclic) bond motifs is 2. The number of rotatable bonds is 6. The third-order valence-corrected chi connectivity index (χ3v) is 5.27. The van der Waals surface area contributed by atoms with E-state index in [0.717, 1.165) is 4.57 Å². The van der Waals surface area contributed by atoms with E-state index in [2.05, 4.69) is 15.5 Å². The van der Waals surface area contributed by atoms with Crippen LogP contribution in [0.5, 0.6) is 11.5 Å². The summed E-state index contributed by atoms with van der Waals surface area (Å²) in [7, 11) is 0. The maximum atomic E-state index is 13.3. The molecule has 0 radical (unpaired) electrons. The number of hydrogen-bond donors (Lipinski definition) is 1. The van der Waals surface area contributed by atoms with Gasteiger partial charge in [-0.05, 0) is 37.3 Å². The lowest BCUT2D eigenvalue weighted by Gasteiger charge is -2.14. The molecule has 3 heterocycles. The highest BCUT2D eigenvalue weighted by Crippen LogP contribution is 2.34. The molecule has 11 nitrogen and oxygen atoms in total. The fourth-order valence-electron chi connectivity index (χ4n) is 3.68. The van der Waals surface area contributed by atoms with Crippen molar-refractivity contribution in [1.29, 1.82) is 0 Å². The molecule has 34 heavy (non-hydrogen) atoms. The highest BCUT2D eigenvalue weighted by molar-refractivity contribution is 5.92. The monoisotopic (exact) mass is 467 g/mol. The molecule has 0 spiro atoms. The average Bonchev–Trinajstić information content (AvgIpc) is 3.45. The minimum atomic E-state index is -0.693. The lowest BCUT2D eigenvalue weighted by Crippen LogP contribution is -2.42. The Kier molecular flexibility index (Phi) is 5.32. The number of amides is 1. The van der Waals surface area contributed by atoms with Crippen LogP contribution in [0.15, 0.2) is 50.5 Å². The van der Waals surface area contributed by atoms with Gasteiger partial charge in [0.05, 0.1) is 10.9 Å². The third kappa shape index (κ3) is 4.00. The van der Waals surface area contributed by atoms with Crippen LogP contribution in [0.1, 0.15) is 11.7 Å². The summed E-state index contributed by atoms with van der Waals surface area (Å²) >= 11 is 0. The van der Waals surface area contributed by atoms with E-state index < -0.39 is 29.5 Å². The molecule has 0 fully saturated rings. The van der Waals surface area contributed by atoms with E-state index in [1.165, 1.54) is 41.0 Å². The van der Waals surface area contributed by atoms with Crippen molar-refractivity contribution in [2.45, 2.75) is 26.4 Å². The van der Waals surface area contributed by atoms with Gasteiger partial charge in [-0.1, -0.05) is 5.16 Å². The zero-order chi connectivity index (χ0) is 23.8. The summed E-state index contributed by atoms with van der Waals surface area (Å²) < 4.78 is 31.2. The van der Waals surface area contributed by atoms with E-state index in [9.17, 15) is 18.8 Å². The first kappa shape index (κ1) is 21.4. The highest BCUT2D eigenvalue weighted by atomic mass is 19.1. The molecule has 12 heteroatoms. The van der Waals surface area contributed by atoms with Crippen LogP contribution < -0.4 is 26.0 Å². The molecule has 0 saturated heterocycles. The van der Waals surface area contributed by atoms with Crippen molar-refractivity contribution in [3.05, 3.63) is 74.8 Å². The number of nitrogens with one attached hydrogen (secondary N) is 1. The van der Waals surface area contributed by atoms with Gasteiger partial charge >= 0.3 is 5.69 Å². The Hall–Kier alpha value is -4.48. The Morgan fingerprint density at radius 2 is 1.85 bits per heavy atom. The molecule has 1 aliphatic heterocycles. The second-order valence-electron chi connectivity index (χ2n) is 7.59. The Morgan fingerprint density at radius 3 is 2.56 bits per heavy atom. The van der Waals surface area contributed by atoms with Crippen molar-refractivity contribution in [2.75, 3.05) is 12.1 Å². The largest absolute Gasteiger partial charge is 0.454 e. The molecule has 1 aliphatic rings. The summed E-state index contributed by atoms with van der Waals surface area (Å²) in [6.07, 6.45) is 0.147. The number of carbonyl (C=O) groups excluding carboxylic acids is 1. The van der Waals surface area contributed by atoms with Crippen LogP contribution in [0.2, 0.25) is 0 Å². The molecule has 1 N–H and O–H groups in total. The first-order valence-corrected chi connectivity index (χ1v) is 10.3. The number of carbonyl (C=O) groups is 1. The van der Waals surface area contributed by atoms with Crippen molar-refractivity contribution in [3.8, 4) is 11.5 Å². The molecule has 174 valence electrons. The summed E-state index contributed by atoms with van der Waals surface area (Å²) in [5.41, 5.74) is -0.661. The topological polar surface area (TPSA) is 130 Å². The van der Waals surface area contributed by atoms with Crippen LogP contribution in [0, 0.1) is 12.7 Å². The smallest absolute Gasteiger partial charge is 0.331 e. The number of ether oxygens (including phenoxy) is 2. The van der Waals surface area contributed by atoms with Crippen molar-refractivity contribution in [2.24, 2.45) is 0 Å². The van der Waals surface area contributed by atoms with Gasteiger partial charge in [-0.3, -0.25) is 18.7 Å². The zero-order valence-corrected chi connectivity index (χ0v) is 17.9. The summed E-state index contributed by atoms with van der Waals surface area (Å²) in [6, 6.07) is 8.20. The fraction of sp³-hybridized carbons (Fsp3) is 0.227. The molecule has 0 unspecified atom stereocenters. The van der Waals surface area contributed by atoms with E-state index >= 15 is 0 Å². The highest BCUT2D eigenvalue weighted by Gasteiger charge is 2.22. The summed E-state index contributed by atoms with van der Waals surface area (Å²) in [4.78, 5) is 43.3. The van der Waals surface area contributed by atoms with E-state index in [0.29, 0.717) is 23.0 Å². The first-order valence-electron chi connectivity index (χ1n) is 10.3. The molecule has 0 aliphatic carbocycles. The summed E-state index contributed by atoms with van der Waals surface area (Å²) in [5.74, 6) is 0.451. The number of benzene rings is 2. The molecular weight excluding hydrogens is 449 g/mol. The van der Waals surface area contributed by atoms with E-state index in [4.69, 9.17) is 14.0 Å². The fourth-order valence-corrected chi connectivity index (χ4v) is 3.68. The summed E-state index contributed by atoms with van der Waals surface area (Å²) in [6.45, 7) is 1.20. The van der Waals surface area contributed by atoms with E-state index in [-0.39, 0.29) is 36.6 Å². The van der Waals surface area contributed by atoms with Crippen LogP contribution in [-0.4, -0.2) is 32.0 Å². The SMILES string of the molecule is Cc1noc(CCn2c(=O)c3cc4c(cc3n(CC(=O)Nc3ccc(F)cc3)c2=O)OCO4)n1. The molecule has 2 aromatic carbocycles. The summed E-state index contributed by atoms with van der Waals surface area (Å²) in [5, 5.41) is 6.50. The minimum absolute atomic E-state index is 0.0222. The Morgan fingerprint density at radius 1 is 1.12 bits per heavy atom. The van der Waals surface area contributed by atoms with Gasteiger partial charge in [0.25, 0.3) is 5.56 Å². The predicted octanol–water partition coefficient (Wildman–Crippen LogP) is 1.60. The number of aryl methyl sites for hydroxylation is 2. The lowest BCUT2D eigenvalue weighted by molar-refractivity contribution is -0.116.